The maximum Gasteiger partial charge on any atom is 0.325 e. The number of carbonyl (C=O) groups excluding carboxylic acids is 4. The van der Waals surface area contributed by atoms with Crippen LogP contribution >= 0.6 is 0 Å². The molecule has 0 aromatic heterocycles. The Morgan fingerprint density at radius 2 is 1.77 bits per heavy atom. The van der Waals surface area contributed by atoms with Gasteiger partial charge in [0.1, 0.15) is 12.1 Å². The van der Waals surface area contributed by atoms with Crippen LogP contribution in [0.15, 0.2) is 42.5 Å². The molecule has 0 saturated carbocycles. The maximum absolute atomic E-state index is 13.2. The quantitative estimate of drug-likeness (QED) is 0.608. The Labute approximate surface area is 176 Å². The maximum atomic E-state index is 13.2. The normalized spacial score (nSPS) is 18.0. The zero-order valence-corrected chi connectivity index (χ0v) is 16.8. The van der Waals surface area contributed by atoms with E-state index in [1.165, 1.54) is 0 Å². The number of rotatable bonds is 6. The second kappa shape index (κ2) is 8.50. The number of imide groups is 1. The van der Waals surface area contributed by atoms with Crippen LogP contribution < -0.4 is 16.0 Å². The second-order valence-corrected chi connectivity index (χ2v) is 7.22. The number of hydrogen-bond acceptors (Lipinski definition) is 4. The molecule has 2 aromatic carbocycles. The molecule has 10 heteroatoms. The fraction of sp³-hybridized carbons (Fsp3) is 0.238. The van der Waals surface area contributed by atoms with E-state index in [0.717, 1.165) is 28.7 Å². The lowest BCUT2D eigenvalue weighted by Crippen LogP contribution is -2.44. The highest BCUT2D eigenvalue weighted by molar-refractivity contribution is 6.09. The van der Waals surface area contributed by atoms with Gasteiger partial charge in [-0.05, 0) is 37.1 Å². The van der Waals surface area contributed by atoms with E-state index in [1.54, 1.807) is 38.1 Å². The lowest BCUT2D eigenvalue weighted by molar-refractivity contribution is -0.135. The minimum absolute atomic E-state index is 0.0150. The van der Waals surface area contributed by atoms with Gasteiger partial charge in [-0.2, -0.15) is 0 Å². The fourth-order valence-electron chi connectivity index (χ4n) is 3.31. The molecule has 0 radical (unpaired) electrons. The van der Waals surface area contributed by atoms with E-state index in [4.69, 9.17) is 0 Å². The van der Waals surface area contributed by atoms with Crippen LogP contribution in [-0.4, -0.2) is 41.7 Å². The van der Waals surface area contributed by atoms with Crippen molar-refractivity contribution >= 4 is 29.4 Å². The van der Waals surface area contributed by atoms with Crippen LogP contribution in [0.4, 0.5) is 19.3 Å². The molecule has 2 aromatic rings. The predicted molar refractivity (Wildman–Crippen MR) is 107 cm³/mol. The number of nitrogens with zero attached hydrogens (tertiary/aromatic N) is 1. The van der Waals surface area contributed by atoms with Gasteiger partial charge in [0, 0.05) is 11.8 Å². The van der Waals surface area contributed by atoms with Gasteiger partial charge in [0.25, 0.3) is 5.91 Å². The number of aryl methyl sites for hydroxylation is 1. The first-order valence-corrected chi connectivity index (χ1v) is 9.33. The first-order chi connectivity index (χ1) is 14.6. The molecule has 0 aliphatic carbocycles. The molecule has 1 unspecified atom stereocenters. The Hall–Kier alpha value is -3.82. The lowest BCUT2D eigenvalue weighted by atomic mass is 9.88. The molecule has 8 nitrogen and oxygen atoms in total. The van der Waals surface area contributed by atoms with Crippen molar-refractivity contribution in [3.8, 4) is 0 Å². The topological polar surface area (TPSA) is 108 Å². The summed E-state index contributed by atoms with van der Waals surface area (Å²) >= 11 is 0. The van der Waals surface area contributed by atoms with Crippen LogP contribution in [0.3, 0.4) is 0 Å². The average Bonchev–Trinajstić information content (AvgIpc) is 2.93. The molecule has 0 spiro atoms. The van der Waals surface area contributed by atoms with Crippen LogP contribution in [0.25, 0.3) is 0 Å². The number of carbonyl (C=O) groups is 4. The van der Waals surface area contributed by atoms with Crippen molar-refractivity contribution in [2.24, 2.45) is 0 Å². The lowest BCUT2D eigenvalue weighted by Gasteiger charge is -2.24. The van der Waals surface area contributed by atoms with Crippen molar-refractivity contribution in [3.63, 3.8) is 0 Å². The molecule has 3 rings (SSSR count). The van der Waals surface area contributed by atoms with Gasteiger partial charge in [-0.25, -0.2) is 13.6 Å². The van der Waals surface area contributed by atoms with Gasteiger partial charge < -0.3 is 16.0 Å². The van der Waals surface area contributed by atoms with Gasteiger partial charge in [0.2, 0.25) is 11.8 Å². The third kappa shape index (κ3) is 4.52. The number of hydrogen-bond donors (Lipinski definition) is 3. The molecule has 1 aliphatic rings. The summed E-state index contributed by atoms with van der Waals surface area (Å²) in [4.78, 5) is 50.1. The van der Waals surface area contributed by atoms with E-state index in [9.17, 15) is 28.0 Å². The summed E-state index contributed by atoms with van der Waals surface area (Å²) in [7, 11) is 0. The SMILES string of the molecule is Cc1ccccc1C1(C)NC(=O)N(CC(=O)NCC(=O)Nc2ccc(F)c(F)c2)C1=O. The number of urea groups is 1. The molecule has 3 N–H and O–H groups in total. The second-order valence-electron chi connectivity index (χ2n) is 7.22. The van der Waals surface area contributed by atoms with Crippen molar-refractivity contribution in [2.45, 2.75) is 19.4 Å². The highest BCUT2D eigenvalue weighted by Gasteiger charge is 2.49. The van der Waals surface area contributed by atoms with E-state index in [1.807, 2.05) is 0 Å². The van der Waals surface area contributed by atoms with Crippen LogP contribution in [0.1, 0.15) is 18.1 Å². The molecule has 0 bridgehead atoms. The van der Waals surface area contributed by atoms with Gasteiger partial charge in [-0.3, -0.25) is 19.3 Å². The first-order valence-electron chi connectivity index (χ1n) is 9.33. The molecule has 1 fully saturated rings. The van der Waals surface area contributed by atoms with E-state index < -0.39 is 54.0 Å². The number of halogens is 2. The van der Waals surface area contributed by atoms with Gasteiger partial charge in [-0.15, -0.1) is 0 Å². The molecule has 1 saturated heterocycles. The van der Waals surface area contributed by atoms with Gasteiger partial charge in [0.05, 0.1) is 6.54 Å². The fourth-order valence-corrected chi connectivity index (χ4v) is 3.31. The highest BCUT2D eigenvalue weighted by atomic mass is 19.2. The van der Waals surface area contributed by atoms with Crippen molar-refractivity contribution in [1.29, 1.82) is 0 Å². The first kappa shape index (κ1) is 21.9. The van der Waals surface area contributed by atoms with Crippen molar-refractivity contribution < 1.29 is 28.0 Å². The van der Waals surface area contributed by atoms with Gasteiger partial charge in [-0.1, -0.05) is 24.3 Å². The third-order valence-electron chi connectivity index (χ3n) is 4.91. The Kier molecular flexibility index (Phi) is 6.00. The summed E-state index contributed by atoms with van der Waals surface area (Å²) < 4.78 is 26.1. The Morgan fingerprint density at radius 1 is 1.06 bits per heavy atom. The van der Waals surface area contributed by atoms with E-state index in [0.29, 0.717) is 5.56 Å². The van der Waals surface area contributed by atoms with E-state index in [-0.39, 0.29) is 5.69 Å². The molecule has 162 valence electrons. The van der Waals surface area contributed by atoms with Crippen LogP contribution in [0.5, 0.6) is 0 Å². The summed E-state index contributed by atoms with van der Waals surface area (Å²) in [6.45, 7) is 2.30. The van der Waals surface area contributed by atoms with Crippen LogP contribution in [0.2, 0.25) is 0 Å². The molecule has 1 atom stereocenters. The van der Waals surface area contributed by atoms with Crippen molar-refractivity contribution in [1.82, 2.24) is 15.5 Å². The summed E-state index contributed by atoms with van der Waals surface area (Å²) in [6, 6.07) is 9.17. The monoisotopic (exact) mass is 430 g/mol. The molecule has 5 amide bonds. The highest BCUT2D eigenvalue weighted by Crippen LogP contribution is 2.30. The van der Waals surface area contributed by atoms with Gasteiger partial charge >= 0.3 is 6.03 Å². The Morgan fingerprint density at radius 3 is 2.45 bits per heavy atom. The molecule has 1 heterocycles. The van der Waals surface area contributed by atoms with E-state index in [2.05, 4.69) is 16.0 Å². The average molecular weight is 430 g/mol. The zero-order valence-electron chi connectivity index (χ0n) is 16.8. The largest absolute Gasteiger partial charge is 0.345 e. The van der Waals surface area contributed by atoms with Crippen molar-refractivity contribution in [2.75, 3.05) is 18.4 Å². The summed E-state index contributed by atoms with van der Waals surface area (Å²) in [5.41, 5.74) is 0.120. The molecule has 31 heavy (non-hydrogen) atoms. The third-order valence-corrected chi connectivity index (χ3v) is 4.91. The predicted octanol–water partition coefficient (Wildman–Crippen LogP) is 1.80. The number of anilines is 1. The Balaban J connectivity index is 1.58. The molecular weight excluding hydrogens is 410 g/mol. The van der Waals surface area contributed by atoms with Crippen LogP contribution in [-0.2, 0) is 19.9 Å². The zero-order chi connectivity index (χ0) is 22.8. The Bertz CT molecular complexity index is 1080. The van der Waals surface area contributed by atoms with Crippen LogP contribution in [0, 0.1) is 18.6 Å². The number of benzene rings is 2. The smallest absolute Gasteiger partial charge is 0.325 e. The standard InChI is InChI=1S/C21H20F2N4O4/c1-12-5-3-4-6-14(12)21(2)19(30)27(20(31)26-21)11-18(29)24-10-17(28)25-13-7-8-15(22)16(23)9-13/h3-9H,10-11H2,1-2H3,(H,24,29)(H,25,28)(H,26,31). The number of nitrogens with one attached hydrogen (secondary N) is 3. The minimum Gasteiger partial charge on any atom is -0.345 e. The summed E-state index contributed by atoms with van der Waals surface area (Å²) in [5, 5.41) is 7.19. The minimum atomic E-state index is -1.31. The van der Waals surface area contributed by atoms with E-state index >= 15 is 0 Å². The number of amides is 5. The summed E-state index contributed by atoms with van der Waals surface area (Å²) in [5.74, 6) is -4.21. The van der Waals surface area contributed by atoms with Gasteiger partial charge in [0.15, 0.2) is 11.6 Å². The molecule has 1 aliphatic heterocycles. The van der Waals surface area contributed by atoms with Crippen molar-refractivity contribution in [3.05, 3.63) is 65.2 Å². The summed E-state index contributed by atoms with van der Waals surface area (Å²) in [6.07, 6.45) is 0. The molecular formula is C21H20F2N4O4.